The lowest BCUT2D eigenvalue weighted by molar-refractivity contribution is 0.551. The number of rotatable bonds is 8. The topological polar surface area (TPSA) is 17.1 Å². The Morgan fingerprint density at radius 3 is 1.43 bits per heavy atom. The molecule has 0 spiro atoms. The van der Waals surface area contributed by atoms with Crippen LogP contribution in [0.25, 0.3) is 0 Å². The van der Waals surface area contributed by atoms with E-state index in [1.165, 1.54) is 21.6 Å². The molecule has 0 atom stereocenters. The fourth-order valence-electron chi connectivity index (χ4n) is 3.79. The number of hydrogen-bond donors (Lipinski definition) is 0. The van der Waals surface area contributed by atoms with Gasteiger partial charge in [-0.05, 0) is 40.8 Å². The number of carbonyl (C=O) groups excluding carboxylic acids is 1. The largest absolute Gasteiger partial charge is 0.291 e. The minimum absolute atomic E-state index is 0.373. The predicted molar refractivity (Wildman–Crippen MR) is 126 cm³/mol. The molecule has 0 aliphatic rings. The van der Waals surface area contributed by atoms with E-state index >= 15 is 0 Å². The van der Waals surface area contributed by atoms with Crippen molar-refractivity contribution in [2.24, 2.45) is 0 Å². The van der Waals surface area contributed by atoms with Crippen molar-refractivity contribution in [3.8, 4) is 0 Å². The molecule has 0 aliphatic carbocycles. The van der Waals surface area contributed by atoms with E-state index in [9.17, 15) is 4.79 Å². The Hall–Kier alpha value is -3.10. The van der Waals surface area contributed by atoms with Gasteiger partial charge in [0.15, 0.2) is 6.29 Å². The molecular formula is C28H23OS. The van der Waals surface area contributed by atoms with Gasteiger partial charge in [0.05, 0.1) is 4.75 Å². The van der Waals surface area contributed by atoms with E-state index in [-0.39, 0.29) is 4.75 Å². The van der Waals surface area contributed by atoms with Crippen LogP contribution in [0.2, 0.25) is 0 Å². The van der Waals surface area contributed by atoms with Crippen LogP contribution < -0.4 is 0 Å². The summed E-state index contributed by atoms with van der Waals surface area (Å²) < 4.78 is -0.373. The number of thioether (sulfide) groups is 1. The summed E-state index contributed by atoms with van der Waals surface area (Å²) in [6.45, 7) is 0. The lowest BCUT2D eigenvalue weighted by Crippen LogP contribution is -2.25. The molecule has 0 bridgehead atoms. The van der Waals surface area contributed by atoms with Crippen LogP contribution in [0.5, 0.6) is 0 Å². The molecule has 4 aromatic rings. The quantitative estimate of drug-likeness (QED) is 0.236. The summed E-state index contributed by atoms with van der Waals surface area (Å²) in [5, 5.41) is 0. The van der Waals surface area contributed by atoms with E-state index in [2.05, 4.69) is 115 Å². The summed E-state index contributed by atoms with van der Waals surface area (Å²) in [7, 11) is 0. The van der Waals surface area contributed by atoms with Crippen molar-refractivity contribution in [2.75, 3.05) is 0 Å². The molecule has 0 heterocycles. The summed E-state index contributed by atoms with van der Waals surface area (Å²) in [4.78, 5) is 11.8. The van der Waals surface area contributed by atoms with Crippen molar-refractivity contribution < 1.29 is 4.79 Å². The monoisotopic (exact) mass is 407 g/mol. The molecule has 2 heteroatoms. The van der Waals surface area contributed by atoms with E-state index in [1.54, 1.807) is 0 Å². The number of benzene rings is 4. The molecule has 4 aromatic carbocycles. The van der Waals surface area contributed by atoms with Gasteiger partial charge >= 0.3 is 0 Å². The molecule has 1 nitrogen and oxygen atoms in total. The van der Waals surface area contributed by atoms with Crippen molar-refractivity contribution in [3.05, 3.63) is 138 Å². The van der Waals surface area contributed by atoms with Crippen LogP contribution in [0.15, 0.2) is 120 Å². The summed E-state index contributed by atoms with van der Waals surface area (Å²) in [5.74, 6) is 0. The first-order chi connectivity index (χ1) is 14.8. The van der Waals surface area contributed by atoms with Gasteiger partial charge in [0.25, 0.3) is 0 Å². The van der Waals surface area contributed by atoms with Gasteiger partial charge in [-0.25, -0.2) is 0 Å². The number of hydrogen-bond acceptors (Lipinski definition) is 2. The third-order valence-electron chi connectivity index (χ3n) is 5.25. The Morgan fingerprint density at radius 2 is 1.03 bits per heavy atom. The first-order valence-corrected chi connectivity index (χ1v) is 10.9. The molecule has 0 aliphatic heterocycles. The average molecular weight is 408 g/mol. The zero-order valence-electron chi connectivity index (χ0n) is 16.7. The van der Waals surface area contributed by atoms with Gasteiger partial charge in [-0.1, -0.05) is 103 Å². The molecule has 0 aromatic heterocycles. The lowest BCUT2D eigenvalue weighted by atomic mass is 9.84. The van der Waals surface area contributed by atoms with Gasteiger partial charge in [-0.2, -0.15) is 0 Å². The lowest BCUT2D eigenvalue weighted by Gasteiger charge is -2.35. The van der Waals surface area contributed by atoms with Crippen LogP contribution in [0.3, 0.4) is 0 Å². The highest BCUT2D eigenvalue weighted by Crippen LogP contribution is 2.51. The van der Waals surface area contributed by atoms with Crippen LogP contribution >= 0.6 is 11.8 Å². The molecule has 147 valence electrons. The molecular weight excluding hydrogens is 384 g/mol. The smallest absolute Gasteiger partial charge is 0.198 e. The van der Waals surface area contributed by atoms with Crippen LogP contribution in [0, 0.1) is 0 Å². The molecule has 4 rings (SSSR count). The molecule has 0 amide bonds. The van der Waals surface area contributed by atoms with E-state index in [4.69, 9.17) is 0 Å². The van der Waals surface area contributed by atoms with E-state index in [1.807, 2.05) is 18.0 Å². The Balaban J connectivity index is 1.86. The average Bonchev–Trinajstić information content (AvgIpc) is 2.84. The summed E-state index contributed by atoms with van der Waals surface area (Å²) in [6.07, 6.45) is 3.15. The van der Waals surface area contributed by atoms with E-state index in [0.29, 0.717) is 6.42 Å². The predicted octanol–water partition coefficient (Wildman–Crippen LogP) is 6.81. The van der Waals surface area contributed by atoms with Gasteiger partial charge in [0.1, 0.15) is 0 Å². The molecule has 0 N–H and O–H groups in total. The molecule has 0 saturated heterocycles. The van der Waals surface area contributed by atoms with E-state index < -0.39 is 0 Å². The SMILES string of the molecule is O=[C]CCc1ccc(SC(c2ccccc2)(c2ccccc2)c2ccccc2)cc1. The van der Waals surface area contributed by atoms with Crippen LogP contribution in [0.4, 0.5) is 0 Å². The third-order valence-corrected chi connectivity index (χ3v) is 6.77. The van der Waals surface area contributed by atoms with Crippen molar-refractivity contribution >= 4 is 18.0 Å². The maximum Gasteiger partial charge on any atom is 0.198 e. The van der Waals surface area contributed by atoms with Gasteiger partial charge in [0, 0.05) is 11.3 Å². The molecule has 0 fully saturated rings. The van der Waals surface area contributed by atoms with Crippen LogP contribution in [-0.4, -0.2) is 6.29 Å². The molecule has 30 heavy (non-hydrogen) atoms. The highest BCUT2D eigenvalue weighted by Gasteiger charge is 2.37. The summed E-state index contributed by atoms with van der Waals surface area (Å²) in [5.41, 5.74) is 4.89. The third kappa shape index (κ3) is 4.24. The van der Waals surface area contributed by atoms with Crippen molar-refractivity contribution in [1.82, 2.24) is 0 Å². The second-order valence-electron chi connectivity index (χ2n) is 7.17. The fraction of sp³-hybridized carbons (Fsp3) is 0.107. The second-order valence-corrected chi connectivity index (χ2v) is 8.46. The second kappa shape index (κ2) is 9.60. The Morgan fingerprint density at radius 1 is 0.600 bits per heavy atom. The zero-order chi connectivity index (χ0) is 20.7. The zero-order valence-corrected chi connectivity index (χ0v) is 17.5. The maximum absolute atomic E-state index is 10.6. The first kappa shape index (κ1) is 20.2. The molecule has 1 radical (unpaired) electrons. The minimum Gasteiger partial charge on any atom is -0.291 e. The van der Waals surface area contributed by atoms with Crippen molar-refractivity contribution in [1.29, 1.82) is 0 Å². The first-order valence-electron chi connectivity index (χ1n) is 10.1. The van der Waals surface area contributed by atoms with Crippen molar-refractivity contribution in [3.63, 3.8) is 0 Å². The van der Waals surface area contributed by atoms with Gasteiger partial charge in [-0.3, -0.25) is 4.79 Å². The van der Waals surface area contributed by atoms with Crippen LogP contribution in [0.1, 0.15) is 28.7 Å². The Bertz CT molecular complexity index is 961. The normalized spacial score (nSPS) is 11.2. The standard InChI is InChI=1S/C28H23OS/c29-22-10-11-23-18-20-27(21-19-23)30-28(24-12-4-1-5-13-24,25-14-6-2-7-15-25)26-16-8-3-9-17-26/h1-9,12-21H,10-11H2. The summed E-state index contributed by atoms with van der Waals surface area (Å²) >= 11 is 1.85. The Labute approximate surface area is 182 Å². The number of aryl methyl sites for hydroxylation is 1. The molecule has 0 saturated carbocycles. The van der Waals surface area contributed by atoms with E-state index in [0.717, 1.165) is 12.0 Å². The summed E-state index contributed by atoms with van der Waals surface area (Å²) in [6, 6.07) is 40.6. The minimum atomic E-state index is -0.373. The maximum atomic E-state index is 10.6. The fourth-order valence-corrected chi connectivity index (χ4v) is 5.18. The van der Waals surface area contributed by atoms with Crippen molar-refractivity contribution in [2.45, 2.75) is 22.5 Å². The Kier molecular flexibility index (Phi) is 6.46. The highest BCUT2D eigenvalue weighted by molar-refractivity contribution is 8.00. The molecule has 0 unspecified atom stereocenters. The van der Waals surface area contributed by atoms with Gasteiger partial charge in [0.2, 0.25) is 0 Å². The van der Waals surface area contributed by atoms with Crippen LogP contribution in [-0.2, 0) is 16.0 Å². The highest BCUT2D eigenvalue weighted by atomic mass is 32.2. The van der Waals surface area contributed by atoms with Gasteiger partial charge < -0.3 is 0 Å². The van der Waals surface area contributed by atoms with Gasteiger partial charge in [-0.15, -0.1) is 11.8 Å².